The van der Waals surface area contributed by atoms with Crippen molar-refractivity contribution >= 4 is 11.8 Å². The molecule has 2 N–H and O–H groups in total. The van der Waals surface area contributed by atoms with E-state index in [0.717, 1.165) is 12.6 Å². The Labute approximate surface area is 109 Å². The lowest BCUT2D eigenvalue weighted by Gasteiger charge is -2.39. The number of thioether (sulfide) groups is 1. The first-order valence-electron chi connectivity index (χ1n) is 5.63. The van der Waals surface area contributed by atoms with E-state index < -0.39 is 0 Å². The van der Waals surface area contributed by atoms with Gasteiger partial charge in [0.05, 0.1) is 5.54 Å². The molecule has 3 atom stereocenters. The van der Waals surface area contributed by atoms with Gasteiger partial charge in [0.15, 0.2) is 0 Å². The van der Waals surface area contributed by atoms with Gasteiger partial charge in [0.2, 0.25) is 0 Å². The van der Waals surface area contributed by atoms with Crippen molar-refractivity contribution in [2.75, 3.05) is 12.4 Å². The first-order chi connectivity index (χ1) is 7.23. The quantitative estimate of drug-likeness (QED) is 0.568. The number of hydrogen-bond acceptors (Lipinski definition) is 3. The van der Waals surface area contributed by atoms with Gasteiger partial charge >= 0.3 is 0 Å². The summed E-state index contributed by atoms with van der Waals surface area (Å²) in [4.78, 5) is 0. The number of nitrogens with one attached hydrogen (secondary N) is 2. The Bertz CT molecular complexity index is 305. The maximum atomic E-state index is 3.79. The van der Waals surface area contributed by atoms with Crippen LogP contribution in [0.3, 0.4) is 0 Å². The summed E-state index contributed by atoms with van der Waals surface area (Å²) < 4.78 is 2.23. The van der Waals surface area contributed by atoms with Crippen molar-refractivity contribution in [3.8, 4) is 0 Å². The van der Waals surface area contributed by atoms with E-state index in [-0.39, 0.29) is 0 Å². The van der Waals surface area contributed by atoms with E-state index >= 15 is 0 Å². The Morgan fingerprint density at radius 1 is 1.40 bits per heavy atom. The molecule has 2 aliphatic heterocycles. The molecule has 0 bridgehead atoms. The lowest BCUT2D eigenvalue weighted by molar-refractivity contribution is -0.275. The largest absolute Gasteiger partial charge is 0.296 e. The minimum absolute atomic E-state index is 0.310. The standard InChI is InChI=1S/C11H18IN2S/c1-10-6-15-9(4-5-12)11(10,8-2-3-8)14-7-13-10/h4-5,8-9,12-14H,2-3,6-7H2,1H3/q+1/b5-4+. The molecular weight excluding hydrogens is 319 g/mol. The first kappa shape index (κ1) is 10.9. The Morgan fingerprint density at radius 2 is 2.20 bits per heavy atom. The average molecular weight is 337 g/mol. The van der Waals surface area contributed by atoms with E-state index in [4.69, 9.17) is 0 Å². The van der Waals surface area contributed by atoms with Crippen molar-refractivity contribution in [2.24, 2.45) is 5.92 Å². The Hall–Kier alpha value is 0.740. The van der Waals surface area contributed by atoms with E-state index in [1.54, 1.807) is 0 Å². The summed E-state index contributed by atoms with van der Waals surface area (Å²) in [5.41, 5.74) is 0.649. The lowest BCUT2D eigenvalue weighted by atomic mass is 9.74. The molecule has 0 amide bonds. The number of halogens is 1. The van der Waals surface area contributed by atoms with Crippen LogP contribution in [0.4, 0.5) is 0 Å². The van der Waals surface area contributed by atoms with E-state index in [1.165, 1.54) is 18.6 Å². The minimum atomic E-state index is 0.310. The van der Waals surface area contributed by atoms with Gasteiger partial charge in [-0.2, -0.15) is 11.8 Å². The number of fused-ring (bicyclic) bond motifs is 1. The van der Waals surface area contributed by atoms with E-state index in [0.29, 0.717) is 16.3 Å². The van der Waals surface area contributed by atoms with Crippen LogP contribution < -0.4 is 33.2 Å². The molecule has 1 aliphatic carbocycles. The zero-order valence-corrected chi connectivity index (χ0v) is 12.1. The predicted molar refractivity (Wildman–Crippen MR) is 61.8 cm³/mol. The fourth-order valence-electron chi connectivity index (χ4n) is 3.34. The van der Waals surface area contributed by atoms with Gasteiger partial charge < -0.3 is 0 Å². The van der Waals surface area contributed by atoms with E-state index in [1.807, 2.05) is 0 Å². The highest BCUT2D eigenvalue weighted by Gasteiger charge is 2.66. The summed E-state index contributed by atoms with van der Waals surface area (Å²) >= 11 is 4.18. The first-order valence-corrected chi connectivity index (χ1v) is 8.03. The highest BCUT2D eigenvalue weighted by Crippen LogP contribution is 2.56. The molecule has 0 spiro atoms. The van der Waals surface area contributed by atoms with Crippen LogP contribution in [0.2, 0.25) is 0 Å². The lowest BCUT2D eigenvalue weighted by Crippen LogP contribution is -3.30. The third kappa shape index (κ3) is 1.37. The van der Waals surface area contributed by atoms with Crippen molar-refractivity contribution < 1.29 is 22.6 Å². The third-order valence-corrected chi connectivity index (χ3v) is 6.33. The van der Waals surface area contributed by atoms with Gasteiger partial charge in [-0.15, -0.1) is 0 Å². The van der Waals surface area contributed by atoms with Gasteiger partial charge in [-0.1, -0.05) is 0 Å². The van der Waals surface area contributed by atoms with Gasteiger partial charge in [-0.3, -0.25) is 10.6 Å². The normalized spacial score (nSPS) is 50.1. The molecule has 4 heteroatoms. The van der Waals surface area contributed by atoms with E-state index in [9.17, 15) is 0 Å². The van der Waals surface area contributed by atoms with Crippen molar-refractivity contribution in [1.82, 2.24) is 10.6 Å². The monoisotopic (exact) mass is 337 g/mol. The fraction of sp³-hybridized carbons (Fsp3) is 0.818. The van der Waals surface area contributed by atoms with Crippen molar-refractivity contribution in [1.29, 1.82) is 0 Å². The van der Waals surface area contributed by atoms with Crippen LogP contribution in [0.15, 0.2) is 10.2 Å². The van der Waals surface area contributed by atoms with Crippen molar-refractivity contribution in [3.63, 3.8) is 0 Å². The molecular formula is C11H18IN2S+. The van der Waals surface area contributed by atoms with Gasteiger partial charge in [0.25, 0.3) is 22.6 Å². The zero-order chi connectivity index (χ0) is 10.5. The second-order valence-electron chi connectivity index (χ2n) is 5.07. The molecule has 0 aromatic heterocycles. The maximum absolute atomic E-state index is 3.79. The van der Waals surface area contributed by atoms with Gasteiger partial charge in [0, 0.05) is 23.2 Å². The van der Waals surface area contributed by atoms with Crippen LogP contribution in [-0.4, -0.2) is 28.7 Å². The van der Waals surface area contributed by atoms with E-state index in [2.05, 4.69) is 62.1 Å². The third-order valence-electron chi connectivity index (χ3n) is 4.25. The van der Waals surface area contributed by atoms with Gasteiger partial charge in [0.1, 0.15) is 4.08 Å². The molecule has 84 valence electrons. The van der Waals surface area contributed by atoms with Crippen molar-refractivity contribution in [3.05, 3.63) is 10.2 Å². The fourth-order valence-corrected chi connectivity index (χ4v) is 5.95. The number of hydrogen-bond donors (Lipinski definition) is 2. The SMILES string of the molecule is CC12CSC(/C=C/[IH+])C1(C1CC1)NCN2. The Morgan fingerprint density at radius 3 is 2.87 bits per heavy atom. The molecule has 2 saturated heterocycles. The molecule has 0 aromatic carbocycles. The average Bonchev–Trinajstić information content (AvgIpc) is 2.94. The second kappa shape index (κ2) is 3.62. The molecule has 2 heterocycles. The summed E-state index contributed by atoms with van der Waals surface area (Å²) in [6.07, 6.45) is 5.23. The van der Waals surface area contributed by atoms with Crippen LogP contribution in [-0.2, 0) is 0 Å². The van der Waals surface area contributed by atoms with Crippen LogP contribution in [0.5, 0.6) is 0 Å². The molecule has 1 saturated carbocycles. The molecule has 3 rings (SSSR count). The summed E-state index contributed by atoms with van der Waals surface area (Å²) in [7, 11) is 0. The molecule has 0 aromatic rings. The highest BCUT2D eigenvalue weighted by molar-refractivity contribution is 8.00. The maximum Gasteiger partial charge on any atom is 0.288 e. The molecule has 2 nitrogen and oxygen atoms in total. The van der Waals surface area contributed by atoms with Crippen LogP contribution in [0, 0.1) is 5.92 Å². The molecule has 0 radical (unpaired) electrons. The summed E-state index contributed by atoms with van der Waals surface area (Å²) in [5, 5.41) is 8.13. The van der Waals surface area contributed by atoms with Crippen LogP contribution in [0.1, 0.15) is 19.8 Å². The molecule has 3 aliphatic rings. The smallest absolute Gasteiger partial charge is 0.288 e. The second-order valence-corrected chi connectivity index (χ2v) is 6.97. The highest BCUT2D eigenvalue weighted by atomic mass is 127. The van der Waals surface area contributed by atoms with Gasteiger partial charge in [-0.25, -0.2) is 0 Å². The summed E-state index contributed by atoms with van der Waals surface area (Å²) in [6.45, 7) is 3.39. The topological polar surface area (TPSA) is 24.1 Å². The molecule has 3 unspecified atom stereocenters. The zero-order valence-electron chi connectivity index (χ0n) is 8.95. The summed E-state index contributed by atoms with van der Waals surface area (Å²) in [6, 6.07) is 0. The predicted octanol–water partition coefficient (Wildman–Crippen LogP) is -2.04. The Kier molecular flexibility index (Phi) is 2.62. The van der Waals surface area contributed by atoms with Gasteiger partial charge in [-0.05, 0) is 31.8 Å². The van der Waals surface area contributed by atoms with Crippen molar-refractivity contribution in [2.45, 2.75) is 36.1 Å². The van der Waals surface area contributed by atoms with Crippen LogP contribution in [0.25, 0.3) is 0 Å². The molecule has 3 fully saturated rings. The van der Waals surface area contributed by atoms with Crippen LogP contribution >= 0.6 is 11.8 Å². The summed E-state index contributed by atoms with van der Waals surface area (Å²) in [5.74, 6) is 2.14. The number of rotatable bonds is 2. The minimum Gasteiger partial charge on any atom is -0.296 e. The molecule has 15 heavy (non-hydrogen) atoms. The Balaban J connectivity index is 1.99.